The predicted octanol–water partition coefficient (Wildman–Crippen LogP) is 2.88. The van der Waals surface area contributed by atoms with E-state index in [0.29, 0.717) is 17.7 Å². The molecule has 9 nitrogen and oxygen atoms in total. The molecule has 0 aliphatic heterocycles. The van der Waals surface area contributed by atoms with Gasteiger partial charge in [0.1, 0.15) is 17.4 Å². The van der Waals surface area contributed by atoms with Crippen molar-refractivity contribution >= 4 is 29.7 Å². The lowest BCUT2D eigenvalue weighted by atomic mass is 10.1. The molecular formula is C22H19N3O6. The number of carbonyl (C=O) groups is 2. The Balaban J connectivity index is 1.99. The van der Waals surface area contributed by atoms with Crippen LogP contribution in [0.4, 0.5) is 5.69 Å². The van der Waals surface area contributed by atoms with Gasteiger partial charge in [0.25, 0.3) is 11.6 Å². The number of nitrogens with zero attached hydrogens (tertiary/aromatic N) is 2. The molecule has 0 saturated carbocycles. The summed E-state index contributed by atoms with van der Waals surface area (Å²) in [5.41, 5.74) is 0.911. The summed E-state index contributed by atoms with van der Waals surface area (Å²) in [6, 6.07) is 13.9. The Morgan fingerprint density at radius 3 is 2.58 bits per heavy atom. The molecule has 31 heavy (non-hydrogen) atoms. The average Bonchev–Trinajstić information content (AvgIpc) is 2.77. The molecule has 2 aromatic rings. The third-order valence-electron chi connectivity index (χ3n) is 3.86. The number of esters is 1. The van der Waals surface area contributed by atoms with Crippen molar-refractivity contribution in [3.63, 3.8) is 0 Å². The van der Waals surface area contributed by atoms with Crippen LogP contribution in [0.2, 0.25) is 0 Å². The largest absolute Gasteiger partial charge is 0.423 e. The first-order chi connectivity index (χ1) is 14.9. The van der Waals surface area contributed by atoms with E-state index in [1.54, 1.807) is 18.2 Å². The quantitative estimate of drug-likeness (QED) is 0.125. The summed E-state index contributed by atoms with van der Waals surface area (Å²) >= 11 is 0. The van der Waals surface area contributed by atoms with Gasteiger partial charge in [0.2, 0.25) is 0 Å². The SMILES string of the molecule is COCCNC(=O)/C(C#N)=C/c1ccc(OC(=O)/C=C/c2cccc([N+](=O)[O-])c2)cc1. The number of nitrogens with one attached hydrogen (secondary N) is 1. The monoisotopic (exact) mass is 421 g/mol. The van der Waals surface area contributed by atoms with Crippen LogP contribution in [0.3, 0.4) is 0 Å². The highest BCUT2D eigenvalue weighted by Gasteiger charge is 2.09. The average molecular weight is 421 g/mol. The minimum Gasteiger partial charge on any atom is -0.423 e. The molecule has 0 aliphatic carbocycles. The smallest absolute Gasteiger partial charge is 0.336 e. The van der Waals surface area contributed by atoms with Crippen LogP contribution in [0.15, 0.2) is 60.2 Å². The van der Waals surface area contributed by atoms with E-state index in [1.807, 2.05) is 6.07 Å². The van der Waals surface area contributed by atoms with E-state index < -0.39 is 16.8 Å². The van der Waals surface area contributed by atoms with Gasteiger partial charge >= 0.3 is 5.97 Å². The first-order valence-corrected chi connectivity index (χ1v) is 9.06. The van der Waals surface area contributed by atoms with Crippen LogP contribution < -0.4 is 10.1 Å². The summed E-state index contributed by atoms with van der Waals surface area (Å²) < 4.78 is 10.0. The van der Waals surface area contributed by atoms with Crippen molar-refractivity contribution in [2.45, 2.75) is 0 Å². The van der Waals surface area contributed by atoms with Gasteiger partial charge in [-0.2, -0.15) is 5.26 Å². The molecular weight excluding hydrogens is 402 g/mol. The molecule has 0 atom stereocenters. The lowest BCUT2D eigenvalue weighted by molar-refractivity contribution is -0.384. The van der Waals surface area contributed by atoms with Gasteiger partial charge in [0.05, 0.1) is 11.5 Å². The molecule has 0 spiro atoms. The number of amides is 1. The fraction of sp³-hybridized carbons (Fsp3) is 0.136. The molecule has 2 rings (SSSR count). The van der Waals surface area contributed by atoms with Gasteiger partial charge < -0.3 is 14.8 Å². The standard InChI is InChI=1S/C22H19N3O6/c1-30-12-11-24-22(27)18(15-23)13-17-5-8-20(9-6-17)31-21(26)10-7-16-3-2-4-19(14-16)25(28)29/h2-10,13-14H,11-12H2,1H3,(H,24,27)/b10-7+,18-13+. The zero-order valence-electron chi connectivity index (χ0n) is 16.6. The molecule has 2 aromatic carbocycles. The fourth-order valence-electron chi connectivity index (χ4n) is 2.37. The summed E-state index contributed by atoms with van der Waals surface area (Å²) in [6.45, 7) is 0.618. The fourth-order valence-corrected chi connectivity index (χ4v) is 2.37. The number of methoxy groups -OCH3 is 1. The second-order valence-electron chi connectivity index (χ2n) is 6.09. The summed E-state index contributed by atoms with van der Waals surface area (Å²) in [5.74, 6) is -0.916. The minimum atomic E-state index is -0.662. The van der Waals surface area contributed by atoms with Gasteiger partial charge in [-0.25, -0.2) is 4.79 Å². The minimum absolute atomic E-state index is 0.0688. The van der Waals surface area contributed by atoms with Gasteiger partial charge in [-0.15, -0.1) is 0 Å². The van der Waals surface area contributed by atoms with Gasteiger partial charge in [0, 0.05) is 31.9 Å². The van der Waals surface area contributed by atoms with Crippen molar-refractivity contribution in [2.24, 2.45) is 0 Å². The Hall–Kier alpha value is -4.29. The zero-order chi connectivity index (χ0) is 22.6. The van der Waals surface area contributed by atoms with Gasteiger partial charge in [0.15, 0.2) is 0 Å². The highest BCUT2D eigenvalue weighted by Crippen LogP contribution is 2.16. The number of nitriles is 1. The molecule has 158 valence electrons. The molecule has 0 saturated heterocycles. The second-order valence-corrected chi connectivity index (χ2v) is 6.09. The maximum Gasteiger partial charge on any atom is 0.336 e. The van der Waals surface area contributed by atoms with E-state index in [2.05, 4.69) is 5.32 Å². The van der Waals surface area contributed by atoms with Gasteiger partial charge in [-0.1, -0.05) is 24.3 Å². The first-order valence-electron chi connectivity index (χ1n) is 9.06. The molecule has 1 N–H and O–H groups in total. The van der Waals surface area contributed by atoms with Crippen molar-refractivity contribution < 1.29 is 24.0 Å². The van der Waals surface area contributed by atoms with Crippen molar-refractivity contribution in [3.8, 4) is 11.8 Å². The van der Waals surface area contributed by atoms with E-state index in [-0.39, 0.29) is 23.6 Å². The van der Waals surface area contributed by atoms with Crippen LogP contribution >= 0.6 is 0 Å². The third kappa shape index (κ3) is 7.56. The molecule has 0 bridgehead atoms. The molecule has 0 unspecified atom stereocenters. The van der Waals surface area contributed by atoms with E-state index in [4.69, 9.17) is 14.7 Å². The number of ether oxygens (including phenoxy) is 2. The van der Waals surface area contributed by atoms with Gasteiger partial charge in [-0.05, 0) is 35.4 Å². The van der Waals surface area contributed by atoms with Crippen LogP contribution in [0.25, 0.3) is 12.2 Å². The summed E-state index contributed by atoms with van der Waals surface area (Å²) in [6.07, 6.45) is 3.98. The second kappa shape index (κ2) is 11.6. The lowest BCUT2D eigenvalue weighted by Crippen LogP contribution is -2.27. The number of hydrogen-bond acceptors (Lipinski definition) is 7. The van der Waals surface area contributed by atoms with E-state index in [1.165, 1.54) is 49.6 Å². The number of hydrogen-bond donors (Lipinski definition) is 1. The number of non-ortho nitro benzene ring substituents is 1. The van der Waals surface area contributed by atoms with Crippen LogP contribution in [0.1, 0.15) is 11.1 Å². The molecule has 0 aromatic heterocycles. The summed E-state index contributed by atoms with van der Waals surface area (Å²) in [7, 11) is 1.51. The van der Waals surface area contributed by atoms with Crippen LogP contribution in [0.5, 0.6) is 5.75 Å². The number of benzene rings is 2. The highest BCUT2D eigenvalue weighted by molar-refractivity contribution is 6.01. The Bertz CT molecular complexity index is 1050. The first kappa shape index (κ1) is 23.0. The molecule has 0 fully saturated rings. The van der Waals surface area contributed by atoms with E-state index in [0.717, 1.165) is 6.08 Å². The normalized spacial score (nSPS) is 11.0. The molecule has 0 radical (unpaired) electrons. The van der Waals surface area contributed by atoms with Crippen LogP contribution in [-0.2, 0) is 14.3 Å². The maximum absolute atomic E-state index is 12.0. The molecule has 0 aliphatic rings. The van der Waals surface area contributed by atoms with Crippen LogP contribution in [0, 0.1) is 21.4 Å². The predicted molar refractivity (Wildman–Crippen MR) is 113 cm³/mol. The Kier molecular flexibility index (Phi) is 8.64. The number of rotatable bonds is 9. The van der Waals surface area contributed by atoms with E-state index in [9.17, 15) is 19.7 Å². The number of nitro benzene ring substituents is 1. The van der Waals surface area contributed by atoms with Gasteiger partial charge in [-0.3, -0.25) is 14.9 Å². The van der Waals surface area contributed by atoms with Crippen molar-refractivity contribution in [1.29, 1.82) is 5.26 Å². The number of carbonyl (C=O) groups excluding carboxylic acids is 2. The summed E-state index contributed by atoms with van der Waals surface area (Å²) in [5, 5.41) is 22.5. The molecule has 0 heterocycles. The van der Waals surface area contributed by atoms with Crippen molar-refractivity contribution in [1.82, 2.24) is 5.32 Å². The zero-order valence-corrected chi connectivity index (χ0v) is 16.6. The Labute approximate surface area is 178 Å². The number of nitro groups is 1. The van der Waals surface area contributed by atoms with Crippen molar-refractivity contribution in [3.05, 3.63) is 81.4 Å². The third-order valence-corrected chi connectivity index (χ3v) is 3.86. The topological polar surface area (TPSA) is 132 Å². The Morgan fingerprint density at radius 1 is 1.19 bits per heavy atom. The van der Waals surface area contributed by atoms with Crippen molar-refractivity contribution in [2.75, 3.05) is 20.3 Å². The lowest BCUT2D eigenvalue weighted by Gasteiger charge is -2.04. The maximum atomic E-state index is 12.0. The molecule has 9 heteroatoms. The Morgan fingerprint density at radius 2 is 1.94 bits per heavy atom. The van der Waals surface area contributed by atoms with E-state index >= 15 is 0 Å². The van der Waals surface area contributed by atoms with Crippen LogP contribution in [-0.4, -0.2) is 37.1 Å². The highest BCUT2D eigenvalue weighted by atomic mass is 16.6. The summed E-state index contributed by atoms with van der Waals surface area (Å²) in [4.78, 5) is 34.2. The molecule has 1 amide bonds.